The molecule has 0 amide bonds. The molecule has 1 aromatic rings. The molecule has 0 spiro atoms. The second-order valence-corrected chi connectivity index (χ2v) is 4.64. The highest BCUT2D eigenvalue weighted by molar-refractivity contribution is 9.10. The van der Waals surface area contributed by atoms with Crippen molar-refractivity contribution in [2.45, 2.75) is 25.8 Å². The number of hydrazine groups is 1. The Morgan fingerprint density at radius 1 is 1.53 bits per heavy atom. The molecule has 1 atom stereocenters. The molecule has 3 N–H and O–H groups in total. The lowest BCUT2D eigenvalue weighted by Gasteiger charge is -2.17. The lowest BCUT2D eigenvalue weighted by molar-refractivity contribution is 0.140. The zero-order valence-electron chi connectivity index (χ0n) is 9.88. The number of ether oxygens (including phenoxy) is 1. The summed E-state index contributed by atoms with van der Waals surface area (Å²) in [5, 5.41) is 0. The highest BCUT2D eigenvalue weighted by Crippen LogP contribution is 2.24. The summed E-state index contributed by atoms with van der Waals surface area (Å²) in [7, 11) is 0. The van der Waals surface area contributed by atoms with Crippen molar-refractivity contribution < 1.29 is 9.13 Å². The van der Waals surface area contributed by atoms with Crippen LogP contribution >= 0.6 is 15.9 Å². The lowest BCUT2D eigenvalue weighted by atomic mass is 10.0. The lowest BCUT2D eigenvalue weighted by Crippen LogP contribution is -2.29. The minimum Gasteiger partial charge on any atom is -0.382 e. The van der Waals surface area contributed by atoms with E-state index in [9.17, 15) is 4.39 Å². The van der Waals surface area contributed by atoms with Crippen molar-refractivity contribution in [1.29, 1.82) is 0 Å². The van der Waals surface area contributed by atoms with Crippen molar-refractivity contribution in [3.8, 4) is 0 Å². The molecule has 96 valence electrons. The predicted molar refractivity (Wildman–Crippen MR) is 69.9 cm³/mol. The van der Waals surface area contributed by atoms with Crippen LogP contribution < -0.4 is 11.3 Å². The fourth-order valence-electron chi connectivity index (χ4n) is 1.64. The van der Waals surface area contributed by atoms with E-state index in [4.69, 9.17) is 10.6 Å². The van der Waals surface area contributed by atoms with E-state index < -0.39 is 0 Å². The summed E-state index contributed by atoms with van der Waals surface area (Å²) >= 11 is 3.33. The Morgan fingerprint density at radius 3 is 2.94 bits per heavy atom. The first-order chi connectivity index (χ1) is 8.19. The molecular formula is C12H18BrFN2O. The topological polar surface area (TPSA) is 47.3 Å². The van der Waals surface area contributed by atoms with Gasteiger partial charge in [-0.25, -0.2) is 4.39 Å². The first-order valence-electron chi connectivity index (χ1n) is 5.67. The van der Waals surface area contributed by atoms with Gasteiger partial charge in [-0.15, -0.1) is 0 Å². The van der Waals surface area contributed by atoms with Crippen molar-refractivity contribution in [2.75, 3.05) is 13.2 Å². The third-order valence-electron chi connectivity index (χ3n) is 2.52. The Hall–Kier alpha value is -0.490. The van der Waals surface area contributed by atoms with Crippen molar-refractivity contribution in [2.24, 2.45) is 5.84 Å². The van der Waals surface area contributed by atoms with Gasteiger partial charge in [-0.2, -0.15) is 0 Å². The molecule has 1 rings (SSSR count). The molecule has 0 aliphatic carbocycles. The maximum Gasteiger partial charge on any atom is 0.128 e. The van der Waals surface area contributed by atoms with E-state index in [0.717, 1.165) is 17.3 Å². The minimum absolute atomic E-state index is 0.187. The van der Waals surface area contributed by atoms with Gasteiger partial charge in [0, 0.05) is 29.3 Å². The van der Waals surface area contributed by atoms with E-state index in [0.29, 0.717) is 18.8 Å². The third kappa shape index (κ3) is 4.71. The Labute approximate surface area is 110 Å². The van der Waals surface area contributed by atoms with Crippen LogP contribution in [0.3, 0.4) is 0 Å². The van der Waals surface area contributed by atoms with Gasteiger partial charge in [-0.05, 0) is 38.0 Å². The largest absolute Gasteiger partial charge is 0.382 e. The summed E-state index contributed by atoms with van der Waals surface area (Å²) in [6.07, 6.45) is 1.58. The van der Waals surface area contributed by atoms with Crippen LogP contribution in [0.15, 0.2) is 22.7 Å². The second kappa shape index (κ2) is 7.76. The van der Waals surface area contributed by atoms with Crippen LogP contribution in [-0.4, -0.2) is 13.2 Å². The monoisotopic (exact) mass is 304 g/mol. The molecule has 3 nitrogen and oxygen atoms in total. The van der Waals surface area contributed by atoms with Crippen molar-refractivity contribution >= 4 is 15.9 Å². The number of benzene rings is 1. The molecular weight excluding hydrogens is 287 g/mol. The first-order valence-corrected chi connectivity index (χ1v) is 6.47. The zero-order valence-corrected chi connectivity index (χ0v) is 11.5. The molecule has 0 radical (unpaired) electrons. The number of nitrogens with two attached hydrogens (primary N) is 1. The summed E-state index contributed by atoms with van der Waals surface area (Å²) in [5.41, 5.74) is 3.23. The van der Waals surface area contributed by atoms with Gasteiger partial charge in [0.2, 0.25) is 0 Å². The average molecular weight is 305 g/mol. The number of nitrogens with one attached hydrogen (secondary N) is 1. The van der Waals surface area contributed by atoms with Gasteiger partial charge in [0.15, 0.2) is 0 Å². The molecule has 0 bridgehead atoms. The molecule has 0 fully saturated rings. The van der Waals surface area contributed by atoms with Crippen LogP contribution in [0.5, 0.6) is 0 Å². The Bertz CT molecular complexity index is 349. The van der Waals surface area contributed by atoms with Crippen LogP contribution in [0.4, 0.5) is 4.39 Å². The van der Waals surface area contributed by atoms with E-state index >= 15 is 0 Å². The highest BCUT2D eigenvalue weighted by Gasteiger charge is 2.14. The Balaban J connectivity index is 2.62. The van der Waals surface area contributed by atoms with Crippen LogP contribution in [0.2, 0.25) is 0 Å². The molecule has 17 heavy (non-hydrogen) atoms. The standard InChI is InChI=1S/C12H18BrFN2O/c1-2-17-7-3-4-12(16-15)10-8-9(13)5-6-11(10)14/h5-6,8,12,16H,2-4,7,15H2,1H3. The third-order valence-corrected chi connectivity index (χ3v) is 3.01. The number of hydrogen-bond donors (Lipinski definition) is 2. The second-order valence-electron chi connectivity index (χ2n) is 3.72. The molecule has 0 heterocycles. The summed E-state index contributed by atoms with van der Waals surface area (Å²) in [6.45, 7) is 3.32. The first kappa shape index (κ1) is 14.6. The van der Waals surface area contributed by atoms with Gasteiger partial charge >= 0.3 is 0 Å². The molecule has 0 saturated carbocycles. The fourth-order valence-corrected chi connectivity index (χ4v) is 2.02. The van der Waals surface area contributed by atoms with Gasteiger partial charge < -0.3 is 4.74 Å². The fraction of sp³-hybridized carbons (Fsp3) is 0.500. The van der Waals surface area contributed by atoms with Gasteiger partial charge in [0.05, 0.1) is 0 Å². The number of hydrogen-bond acceptors (Lipinski definition) is 3. The van der Waals surface area contributed by atoms with Crippen molar-refractivity contribution in [3.63, 3.8) is 0 Å². The van der Waals surface area contributed by atoms with E-state index in [1.54, 1.807) is 12.1 Å². The van der Waals surface area contributed by atoms with Crippen LogP contribution in [0.1, 0.15) is 31.4 Å². The van der Waals surface area contributed by atoms with E-state index in [1.165, 1.54) is 6.07 Å². The van der Waals surface area contributed by atoms with Crippen molar-refractivity contribution in [3.05, 3.63) is 34.1 Å². The average Bonchev–Trinajstić information content (AvgIpc) is 2.33. The van der Waals surface area contributed by atoms with Crippen LogP contribution in [-0.2, 0) is 4.74 Å². The van der Waals surface area contributed by atoms with Gasteiger partial charge in [0.25, 0.3) is 0 Å². The van der Waals surface area contributed by atoms with Crippen molar-refractivity contribution in [1.82, 2.24) is 5.43 Å². The molecule has 0 saturated heterocycles. The molecule has 0 aliphatic rings. The zero-order chi connectivity index (χ0) is 12.7. The smallest absolute Gasteiger partial charge is 0.128 e. The maximum atomic E-state index is 13.6. The summed E-state index contributed by atoms with van der Waals surface area (Å²) < 4.78 is 19.7. The summed E-state index contributed by atoms with van der Waals surface area (Å²) in [5.74, 6) is 5.22. The van der Waals surface area contributed by atoms with Crippen LogP contribution in [0, 0.1) is 5.82 Å². The molecule has 5 heteroatoms. The Morgan fingerprint density at radius 2 is 2.29 bits per heavy atom. The van der Waals surface area contributed by atoms with Gasteiger partial charge in [-0.3, -0.25) is 11.3 Å². The number of halogens is 2. The molecule has 1 unspecified atom stereocenters. The SMILES string of the molecule is CCOCCCC(NN)c1cc(Br)ccc1F. The number of rotatable bonds is 7. The highest BCUT2D eigenvalue weighted by atomic mass is 79.9. The Kier molecular flexibility index (Phi) is 6.65. The molecule has 1 aromatic carbocycles. The normalized spacial score (nSPS) is 12.7. The van der Waals surface area contributed by atoms with E-state index in [2.05, 4.69) is 21.4 Å². The van der Waals surface area contributed by atoms with Crippen LogP contribution in [0.25, 0.3) is 0 Å². The summed E-state index contributed by atoms with van der Waals surface area (Å²) in [4.78, 5) is 0. The van der Waals surface area contributed by atoms with Gasteiger partial charge in [0.1, 0.15) is 5.82 Å². The minimum atomic E-state index is -0.243. The van der Waals surface area contributed by atoms with E-state index in [-0.39, 0.29) is 11.9 Å². The molecule has 0 aromatic heterocycles. The quantitative estimate of drug-likeness (QED) is 0.462. The predicted octanol–water partition coefficient (Wildman–Crippen LogP) is 2.91. The summed E-state index contributed by atoms with van der Waals surface area (Å²) in [6, 6.07) is 4.67. The maximum absolute atomic E-state index is 13.6. The van der Waals surface area contributed by atoms with Gasteiger partial charge in [-0.1, -0.05) is 15.9 Å². The van der Waals surface area contributed by atoms with E-state index in [1.807, 2.05) is 6.92 Å². The molecule has 0 aliphatic heterocycles.